The number of nitrogens with one attached hydrogen (secondary N) is 1. The van der Waals surface area contributed by atoms with Crippen LogP contribution in [0.15, 0.2) is 12.3 Å². The third-order valence-corrected chi connectivity index (χ3v) is 10.1. The van der Waals surface area contributed by atoms with Gasteiger partial charge in [-0.15, -0.1) is 0 Å². The van der Waals surface area contributed by atoms with E-state index >= 15 is 0 Å². The maximum atomic E-state index is 13.2. The van der Waals surface area contributed by atoms with Crippen LogP contribution in [0.4, 0.5) is 0 Å². The first-order chi connectivity index (χ1) is 16.4. The lowest BCUT2D eigenvalue weighted by molar-refractivity contribution is -0.145. The van der Waals surface area contributed by atoms with Gasteiger partial charge in [0.1, 0.15) is 0 Å². The van der Waals surface area contributed by atoms with Gasteiger partial charge in [-0.2, -0.15) is 0 Å². The molecule has 4 saturated carbocycles. The van der Waals surface area contributed by atoms with Crippen LogP contribution in [0, 0.1) is 29.1 Å². The van der Waals surface area contributed by atoms with E-state index in [2.05, 4.69) is 23.7 Å². The Morgan fingerprint density at radius 1 is 0.765 bits per heavy atom. The summed E-state index contributed by atoms with van der Waals surface area (Å²) in [6.07, 6.45) is 17.3. The average Bonchev–Trinajstić information content (AvgIpc) is 3.38. The number of amides is 2. The van der Waals surface area contributed by atoms with Crippen LogP contribution in [0.25, 0.3) is 0 Å². The van der Waals surface area contributed by atoms with Gasteiger partial charge >= 0.3 is 0 Å². The zero-order valence-corrected chi connectivity index (χ0v) is 21.5. The van der Waals surface area contributed by atoms with Gasteiger partial charge in [0.25, 0.3) is 0 Å². The van der Waals surface area contributed by atoms with Crippen molar-refractivity contribution < 1.29 is 9.59 Å². The van der Waals surface area contributed by atoms with Crippen LogP contribution in [0.3, 0.4) is 0 Å². The van der Waals surface area contributed by atoms with Crippen LogP contribution in [-0.4, -0.2) is 53.8 Å². The molecule has 0 radical (unpaired) electrons. The van der Waals surface area contributed by atoms with Gasteiger partial charge in [0, 0.05) is 49.3 Å². The van der Waals surface area contributed by atoms with Crippen molar-refractivity contribution in [2.75, 3.05) is 26.2 Å². The fourth-order valence-corrected chi connectivity index (χ4v) is 7.45. The Hall–Kier alpha value is -1.52. The number of nitrogens with zero attached hydrogens (tertiary/aromatic N) is 2. The molecule has 5 rings (SSSR count). The van der Waals surface area contributed by atoms with Gasteiger partial charge in [0.15, 0.2) is 0 Å². The topological polar surface area (TPSA) is 52.7 Å². The second kappa shape index (κ2) is 10.2. The van der Waals surface area contributed by atoms with E-state index in [4.69, 9.17) is 0 Å². The minimum Gasteiger partial charge on any atom is -0.386 e. The summed E-state index contributed by atoms with van der Waals surface area (Å²) < 4.78 is 0. The monoisotopic (exact) mass is 469 g/mol. The molecule has 34 heavy (non-hydrogen) atoms. The van der Waals surface area contributed by atoms with E-state index in [1.165, 1.54) is 69.9 Å². The molecule has 0 aromatic carbocycles. The predicted molar refractivity (Wildman–Crippen MR) is 136 cm³/mol. The van der Waals surface area contributed by atoms with Crippen molar-refractivity contribution in [1.82, 2.24) is 15.1 Å². The van der Waals surface area contributed by atoms with Gasteiger partial charge in [-0.3, -0.25) is 9.59 Å². The van der Waals surface area contributed by atoms with E-state index in [1.54, 1.807) is 0 Å². The Kier molecular flexibility index (Phi) is 7.27. The fourth-order valence-electron chi connectivity index (χ4n) is 7.45. The van der Waals surface area contributed by atoms with Crippen molar-refractivity contribution in [2.45, 2.75) is 103 Å². The standard InChI is InChI=1S/C29H47N3O2/c1-21(22-6-3-4-7-22)30-26-9-5-8-25(20-26)23-10-12-24(13-11-23)27(33)31-16-18-32(19-17-31)28(34)29(2)14-15-29/h22-26,30H,1,3-20H2,2H3. The van der Waals surface area contributed by atoms with Gasteiger partial charge in [-0.1, -0.05) is 39.2 Å². The van der Waals surface area contributed by atoms with Gasteiger partial charge in [0.05, 0.1) is 0 Å². The average molecular weight is 470 g/mol. The number of piperazine rings is 1. The van der Waals surface area contributed by atoms with Crippen molar-refractivity contribution in [3.05, 3.63) is 12.3 Å². The predicted octanol–water partition coefficient (Wildman–Crippen LogP) is 5.12. The number of carbonyl (C=O) groups is 2. The molecule has 5 nitrogen and oxygen atoms in total. The third kappa shape index (κ3) is 5.33. The second-order valence-electron chi connectivity index (χ2n) is 12.6. The lowest BCUT2D eigenvalue weighted by atomic mass is 9.69. The van der Waals surface area contributed by atoms with Gasteiger partial charge in [0.2, 0.25) is 11.8 Å². The lowest BCUT2D eigenvalue weighted by Gasteiger charge is -2.41. The zero-order valence-electron chi connectivity index (χ0n) is 21.5. The highest BCUT2D eigenvalue weighted by atomic mass is 16.2. The molecule has 5 aliphatic rings. The van der Waals surface area contributed by atoms with Crippen molar-refractivity contribution in [3.8, 4) is 0 Å². The van der Waals surface area contributed by atoms with Crippen LogP contribution in [0.5, 0.6) is 0 Å². The summed E-state index contributed by atoms with van der Waals surface area (Å²) >= 11 is 0. The molecule has 1 saturated heterocycles. The highest BCUT2D eigenvalue weighted by Crippen LogP contribution is 2.46. The Morgan fingerprint density at radius 3 is 2.06 bits per heavy atom. The molecule has 5 heteroatoms. The first-order valence-electron chi connectivity index (χ1n) is 14.5. The summed E-state index contributed by atoms with van der Waals surface area (Å²) in [6, 6.07) is 0.614. The molecule has 1 heterocycles. The molecule has 0 bridgehead atoms. The van der Waals surface area contributed by atoms with Crippen LogP contribution in [0.1, 0.15) is 96.8 Å². The number of allylic oxidation sites excluding steroid dienone is 1. The molecule has 2 unspecified atom stereocenters. The summed E-state index contributed by atoms with van der Waals surface area (Å²) in [5.41, 5.74) is 1.22. The van der Waals surface area contributed by atoms with E-state index in [1.807, 2.05) is 4.90 Å². The molecule has 0 aromatic rings. The van der Waals surface area contributed by atoms with Crippen LogP contribution in [-0.2, 0) is 9.59 Å². The highest BCUT2D eigenvalue weighted by Gasteiger charge is 2.47. The van der Waals surface area contributed by atoms with Crippen LogP contribution < -0.4 is 5.32 Å². The summed E-state index contributed by atoms with van der Waals surface area (Å²) in [5, 5.41) is 3.84. The van der Waals surface area contributed by atoms with E-state index in [-0.39, 0.29) is 11.3 Å². The summed E-state index contributed by atoms with van der Waals surface area (Å²) in [7, 11) is 0. The molecule has 2 atom stereocenters. The Labute approximate surface area is 207 Å². The molecule has 4 aliphatic carbocycles. The molecule has 5 fully saturated rings. The van der Waals surface area contributed by atoms with E-state index in [0.29, 0.717) is 23.8 Å². The quantitative estimate of drug-likeness (QED) is 0.588. The summed E-state index contributed by atoms with van der Waals surface area (Å²) in [4.78, 5) is 29.9. The number of hydrogen-bond donors (Lipinski definition) is 1. The maximum Gasteiger partial charge on any atom is 0.228 e. The van der Waals surface area contributed by atoms with Gasteiger partial charge < -0.3 is 15.1 Å². The van der Waals surface area contributed by atoms with Crippen LogP contribution >= 0.6 is 0 Å². The van der Waals surface area contributed by atoms with Gasteiger partial charge in [-0.25, -0.2) is 0 Å². The van der Waals surface area contributed by atoms with Crippen molar-refractivity contribution in [2.24, 2.45) is 29.1 Å². The van der Waals surface area contributed by atoms with Crippen molar-refractivity contribution in [1.29, 1.82) is 0 Å². The zero-order chi connectivity index (χ0) is 23.7. The minimum atomic E-state index is -0.0953. The Morgan fingerprint density at radius 2 is 1.41 bits per heavy atom. The Balaban J connectivity index is 1.04. The number of carbonyl (C=O) groups excluding carboxylic acids is 2. The number of rotatable bonds is 6. The normalized spacial score (nSPS) is 34.0. The fraction of sp³-hybridized carbons (Fsp3) is 0.862. The summed E-state index contributed by atoms with van der Waals surface area (Å²) in [6.45, 7) is 9.37. The Bertz CT molecular complexity index is 753. The molecule has 1 N–H and O–H groups in total. The molecule has 2 amide bonds. The largest absolute Gasteiger partial charge is 0.386 e. The highest BCUT2D eigenvalue weighted by molar-refractivity contribution is 5.85. The SMILES string of the molecule is C=C(NC1CCCC(C2CCC(C(=O)N3CCN(C(=O)C4(C)CC4)CC3)CC2)C1)C1CCCC1. The van der Waals surface area contributed by atoms with E-state index in [9.17, 15) is 9.59 Å². The maximum absolute atomic E-state index is 13.2. The second-order valence-corrected chi connectivity index (χ2v) is 12.6. The first-order valence-corrected chi connectivity index (χ1v) is 14.5. The summed E-state index contributed by atoms with van der Waals surface area (Å²) in [5.74, 6) is 3.20. The number of hydrogen-bond acceptors (Lipinski definition) is 3. The molecule has 1 aliphatic heterocycles. The van der Waals surface area contributed by atoms with Gasteiger partial charge in [-0.05, 0) is 82.0 Å². The lowest BCUT2D eigenvalue weighted by Crippen LogP contribution is -2.53. The molecule has 0 aromatic heterocycles. The molecular weight excluding hydrogens is 422 g/mol. The molecule has 190 valence electrons. The third-order valence-electron chi connectivity index (χ3n) is 10.1. The smallest absolute Gasteiger partial charge is 0.228 e. The van der Waals surface area contributed by atoms with Crippen LogP contribution in [0.2, 0.25) is 0 Å². The van der Waals surface area contributed by atoms with E-state index in [0.717, 1.165) is 63.7 Å². The van der Waals surface area contributed by atoms with Crippen molar-refractivity contribution in [3.63, 3.8) is 0 Å². The van der Waals surface area contributed by atoms with Crippen molar-refractivity contribution >= 4 is 11.8 Å². The molecular formula is C29H47N3O2. The first kappa shape index (κ1) is 24.2. The van der Waals surface area contributed by atoms with E-state index < -0.39 is 0 Å². The minimum absolute atomic E-state index is 0.0953. The molecule has 0 spiro atoms.